The summed E-state index contributed by atoms with van der Waals surface area (Å²) in [6, 6.07) is 17.0. The second-order valence-corrected chi connectivity index (χ2v) is 8.36. The van der Waals surface area contributed by atoms with Crippen molar-refractivity contribution in [2.75, 3.05) is 25.0 Å². The summed E-state index contributed by atoms with van der Waals surface area (Å²) in [6.45, 7) is 5.20. The number of nitrogens with zero attached hydrogens (tertiary/aromatic N) is 2. The van der Waals surface area contributed by atoms with Crippen molar-refractivity contribution in [2.45, 2.75) is 38.3 Å². The predicted molar refractivity (Wildman–Crippen MR) is 124 cm³/mol. The predicted octanol–water partition coefficient (Wildman–Crippen LogP) is 2.39. The Morgan fingerprint density at radius 2 is 1.97 bits per heavy atom. The van der Waals surface area contributed by atoms with Crippen molar-refractivity contribution in [1.82, 2.24) is 10.7 Å². The average Bonchev–Trinajstić information content (AvgIpc) is 2.81. The number of carbonyl (C=O) groups excluding carboxylic acids is 1. The number of nitriles is 1. The van der Waals surface area contributed by atoms with Crippen LogP contribution in [0.2, 0.25) is 0 Å². The van der Waals surface area contributed by atoms with Gasteiger partial charge in [-0.2, -0.15) is 10.4 Å². The first kappa shape index (κ1) is 23.3. The molecule has 0 bridgehead atoms. The van der Waals surface area contributed by atoms with Gasteiger partial charge in [-0.1, -0.05) is 24.3 Å². The number of para-hydroxylation sites is 1. The van der Waals surface area contributed by atoms with E-state index in [1.807, 2.05) is 38.1 Å². The fraction of sp³-hybridized carbons (Fsp3) is 0.375. The number of carbonyl (C=O) groups is 1. The van der Waals surface area contributed by atoms with Crippen LogP contribution >= 0.6 is 0 Å². The topological polar surface area (TPSA) is 119 Å². The second-order valence-electron chi connectivity index (χ2n) is 8.36. The quantitative estimate of drug-likeness (QED) is 0.455. The molecule has 8 heteroatoms. The Kier molecular flexibility index (Phi) is 7.82. The molecule has 0 saturated carbocycles. The maximum atomic E-state index is 11.2. The Bertz CT molecular complexity index is 995. The molecule has 1 aliphatic rings. The largest absolute Gasteiger partial charge is 0.489 e. The van der Waals surface area contributed by atoms with Crippen LogP contribution in [0.4, 0.5) is 5.69 Å². The lowest BCUT2D eigenvalue weighted by atomic mass is 10.0. The van der Waals surface area contributed by atoms with Crippen LogP contribution in [0, 0.1) is 11.3 Å². The van der Waals surface area contributed by atoms with Gasteiger partial charge in [0.1, 0.15) is 24.5 Å². The summed E-state index contributed by atoms with van der Waals surface area (Å²) in [4.78, 5) is 11.2. The number of aliphatic hydroxyl groups is 1. The molecular formula is C24H29N5O3. The Labute approximate surface area is 188 Å². The summed E-state index contributed by atoms with van der Waals surface area (Å²) < 4.78 is 5.59. The van der Waals surface area contributed by atoms with Crippen LogP contribution in [0.3, 0.4) is 0 Å². The number of aliphatic hydroxyl groups excluding tert-OH is 1. The lowest BCUT2D eigenvalue weighted by molar-refractivity contribution is -0.121. The number of amides is 1. The van der Waals surface area contributed by atoms with Crippen LogP contribution in [0.1, 0.15) is 37.8 Å². The first-order valence-corrected chi connectivity index (χ1v) is 10.6. The number of benzene rings is 2. The minimum Gasteiger partial charge on any atom is -0.489 e. The highest BCUT2D eigenvalue weighted by molar-refractivity contribution is 6.04. The molecule has 2 aromatic carbocycles. The van der Waals surface area contributed by atoms with E-state index in [0.29, 0.717) is 37.2 Å². The van der Waals surface area contributed by atoms with Crippen LogP contribution in [-0.2, 0) is 4.79 Å². The van der Waals surface area contributed by atoms with Gasteiger partial charge >= 0.3 is 0 Å². The van der Waals surface area contributed by atoms with Crippen molar-refractivity contribution >= 4 is 17.3 Å². The fourth-order valence-corrected chi connectivity index (χ4v) is 3.17. The van der Waals surface area contributed by atoms with Gasteiger partial charge in [0.15, 0.2) is 0 Å². The summed E-state index contributed by atoms with van der Waals surface area (Å²) in [5, 5.41) is 30.2. The zero-order valence-electron chi connectivity index (χ0n) is 18.4. The van der Waals surface area contributed by atoms with Crippen molar-refractivity contribution in [3.8, 4) is 11.8 Å². The van der Waals surface area contributed by atoms with Crippen LogP contribution in [-0.4, -0.2) is 48.1 Å². The maximum absolute atomic E-state index is 11.2. The molecule has 4 N–H and O–H groups in total. The van der Waals surface area contributed by atoms with E-state index in [1.165, 1.54) is 0 Å². The van der Waals surface area contributed by atoms with Gasteiger partial charge in [-0.25, -0.2) is 5.43 Å². The molecule has 0 saturated heterocycles. The first-order chi connectivity index (χ1) is 15.4. The number of nitrogens with one attached hydrogen (secondary N) is 3. The molecule has 8 nitrogen and oxygen atoms in total. The van der Waals surface area contributed by atoms with E-state index in [-0.39, 0.29) is 18.1 Å². The highest BCUT2D eigenvalue weighted by Crippen LogP contribution is 2.17. The minimum absolute atomic E-state index is 0.0505. The van der Waals surface area contributed by atoms with Crippen molar-refractivity contribution < 1.29 is 14.6 Å². The number of anilines is 1. The number of hydrogen-bond donors (Lipinski definition) is 4. The third-order valence-corrected chi connectivity index (χ3v) is 5.11. The van der Waals surface area contributed by atoms with E-state index >= 15 is 0 Å². The second kappa shape index (κ2) is 10.8. The Balaban J connectivity index is 1.43. The van der Waals surface area contributed by atoms with Crippen LogP contribution in [0.15, 0.2) is 53.6 Å². The highest BCUT2D eigenvalue weighted by atomic mass is 16.5. The van der Waals surface area contributed by atoms with Gasteiger partial charge in [0.25, 0.3) is 0 Å². The van der Waals surface area contributed by atoms with Gasteiger partial charge in [-0.05, 0) is 43.7 Å². The zero-order chi connectivity index (χ0) is 23.0. The lowest BCUT2D eigenvalue weighted by Crippen LogP contribution is -2.49. The van der Waals surface area contributed by atoms with Crippen molar-refractivity contribution in [1.29, 1.82) is 5.26 Å². The number of hydrazone groups is 1. The molecule has 168 valence electrons. The van der Waals surface area contributed by atoms with Crippen LogP contribution in [0.5, 0.6) is 5.75 Å². The van der Waals surface area contributed by atoms with E-state index in [1.54, 1.807) is 24.3 Å². The number of rotatable bonds is 10. The average molecular weight is 436 g/mol. The molecule has 3 rings (SSSR count). The van der Waals surface area contributed by atoms with Crippen LogP contribution < -0.4 is 20.8 Å². The summed E-state index contributed by atoms with van der Waals surface area (Å²) in [5.74, 6) is 0.422. The van der Waals surface area contributed by atoms with Crippen LogP contribution in [0.25, 0.3) is 0 Å². The molecular weight excluding hydrogens is 406 g/mol. The molecule has 0 spiro atoms. The normalized spacial score (nSPS) is 14.7. The van der Waals surface area contributed by atoms with Gasteiger partial charge in [0, 0.05) is 37.2 Å². The number of β-amino-alcohol motifs (C(OH)–C–C–N with tert-alkyl or cyclic N) is 1. The third-order valence-electron chi connectivity index (χ3n) is 5.11. The van der Waals surface area contributed by atoms with E-state index in [0.717, 1.165) is 17.0 Å². The molecule has 1 atom stereocenters. The third kappa shape index (κ3) is 6.80. The molecule has 1 aliphatic heterocycles. The summed E-state index contributed by atoms with van der Waals surface area (Å²) in [5.41, 5.74) is 5.54. The molecule has 1 amide bonds. The molecule has 2 aromatic rings. The monoisotopic (exact) mass is 435 g/mol. The van der Waals surface area contributed by atoms with E-state index in [2.05, 4.69) is 27.2 Å². The SMILES string of the molecule is CC(C)(CNc1ccc(C2=NNC(=O)CC2)cc1)NCC(O)COc1ccccc1C#N. The Morgan fingerprint density at radius 1 is 1.22 bits per heavy atom. The molecule has 0 aliphatic carbocycles. The van der Waals surface area contributed by atoms with Gasteiger partial charge in [0.2, 0.25) is 5.91 Å². The van der Waals surface area contributed by atoms with Gasteiger partial charge in [-0.3, -0.25) is 4.79 Å². The number of ether oxygens (including phenoxy) is 1. The summed E-state index contributed by atoms with van der Waals surface area (Å²) in [7, 11) is 0. The van der Waals surface area contributed by atoms with Crippen molar-refractivity contribution in [3.63, 3.8) is 0 Å². The first-order valence-electron chi connectivity index (χ1n) is 10.6. The van der Waals surface area contributed by atoms with Gasteiger partial charge in [-0.15, -0.1) is 0 Å². The standard InChI is InChI=1S/C24H29N5O3/c1-24(2,27-14-20(30)15-32-22-6-4-3-5-18(22)13-25)16-26-19-9-7-17(8-10-19)21-11-12-23(31)29-28-21/h3-10,20,26-27,30H,11-12,14-16H2,1-2H3,(H,29,31). The fourth-order valence-electron chi connectivity index (χ4n) is 3.17. The van der Waals surface area contributed by atoms with Gasteiger partial charge in [0.05, 0.1) is 11.3 Å². The molecule has 0 fully saturated rings. The zero-order valence-corrected chi connectivity index (χ0v) is 18.4. The van der Waals surface area contributed by atoms with Gasteiger partial charge < -0.3 is 20.5 Å². The van der Waals surface area contributed by atoms with Crippen molar-refractivity contribution in [3.05, 3.63) is 59.7 Å². The maximum Gasteiger partial charge on any atom is 0.240 e. The lowest BCUT2D eigenvalue weighted by Gasteiger charge is -2.28. The molecule has 32 heavy (non-hydrogen) atoms. The summed E-state index contributed by atoms with van der Waals surface area (Å²) in [6.07, 6.45) is 0.390. The molecule has 0 aromatic heterocycles. The van der Waals surface area contributed by atoms with Crippen molar-refractivity contribution in [2.24, 2.45) is 5.10 Å². The number of hydrogen-bond acceptors (Lipinski definition) is 7. The van der Waals surface area contributed by atoms with E-state index < -0.39 is 6.10 Å². The smallest absolute Gasteiger partial charge is 0.240 e. The molecule has 1 heterocycles. The summed E-state index contributed by atoms with van der Waals surface area (Å²) >= 11 is 0. The van der Waals surface area contributed by atoms with E-state index in [4.69, 9.17) is 10.00 Å². The molecule has 0 radical (unpaired) electrons. The Hall–Kier alpha value is -3.41. The minimum atomic E-state index is -0.711. The molecule has 1 unspecified atom stereocenters. The highest BCUT2D eigenvalue weighted by Gasteiger charge is 2.19. The Morgan fingerprint density at radius 3 is 2.66 bits per heavy atom. The van der Waals surface area contributed by atoms with E-state index in [9.17, 15) is 9.90 Å².